The molecule has 0 saturated carbocycles. The zero-order valence-electron chi connectivity index (χ0n) is 20.2. The zero-order chi connectivity index (χ0) is 28.4. The van der Waals surface area contributed by atoms with Crippen molar-refractivity contribution in [2.45, 2.75) is 55.9 Å². The number of benzene rings is 1. The van der Waals surface area contributed by atoms with Gasteiger partial charge in [-0.3, -0.25) is 19.0 Å². The van der Waals surface area contributed by atoms with Crippen LogP contribution in [0.3, 0.4) is 0 Å². The predicted molar refractivity (Wildman–Crippen MR) is 130 cm³/mol. The van der Waals surface area contributed by atoms with Gasteiger partial charge in [-0.25, -0.2) is 4.79 Å². The Morgan fingerprint density at radius 2 is 1.71 bits per heavy atom. The van der Waals surface area contributed by atoms with Crippen LogP contribution in [0.2, 0.25) is 0 Å². The van der Waals surface area contributed by atoms with Gasteiger partial charge in [-0.1, -0.05) is 30.3 Å². The summed E-state index contributed by atoms with van der Waals surface area (Å²) >= 11 is 0. The molecule has 15 heteroatoms. The maximum Gasteiger partial charge on any atom is 0.351 e. The third-order valence-electron chi connectivity index (χ3n) is 5.44. The molecule has 3 rings (SSSR count). The van der Waals surface area contributed by atoms with E-state index in [1.54, 1.807) is 0 Å². The SMILES string of the molecule is N[C@H](CCC(=O)O)C(=O)O.Nc1ccn([C@@H]2O[C@H](COC(=O)[C@@H](N)Cc3ccccc3)[C@@H](O)[C@@H]2O)c(=O)n1. The molecule has 208 valence electrons. The molecule has 38 heavy (non-hydrogen) atoms. The van der Waals surface area contributed by atoms with Crippen LogP contribution in [0.15, 0.2) is 47.4 Å². The molecular weight excluding hydrogens is 506 g/mol. The van der Waals surface area contributed by atoms with Crippen molar-refractivity contribution in [1.82, 2.24) is 9.55 Å². The summed E-state index contributed by atoms with van der Waals surface area (Å²) in [5, 5.41) is 36.6. The molecule has 1 fully saturated rings. The number of aliphatic hydroxyl groups is 2. The second-order valence-corrected chi connectivity index (χ2v) is 8.39. The number of aliphatic carboxylic acids is 2. The van der Waals surface area contributed by atoms with Crippen LogP contribution in [0.25, 0.3) is 0 Å². The smallest absolute Gasteiger partial charge is 0.351 e. The van der Waals surface area contributed by atoms with Gasteiger partial charge in [-0.05, 0) is 24.5 Å². The van der Waals surface area contributed by atoms with Gasteiger partial charge in [0.25, 0.3) is 0 Å². The van der Waals surface area contributed by atoms with Crippen LogP contribution in [-0.4, -0.2) is 84.9 Å². The number of carboxylic acids is 2. The molecule has 0 bridgehead atoms. The minimum atomic E-state index is -1.41. The Balaban J connectivity index is 0.000000432. The van der Waals surface area contributed by atoms with E-state index in [4.69, 9.17) is 36.9 Å². The minimum absolute atomic E-state index is 0.0205. The Kier molecular flexibility index (Phi) is 11.3. The number of carboxylic acid groups (broad SMARTS) is 2. The number of esters is 1. The summed E-state index contributed by atoms with van der Waals surface area (Å²) in [7, 11) is 0. The molecule has 2 heterocycles. The molecule has 1 aromatic carbocycles. The number of nitrogen functional groups attached to an aromatic ring is 1. The quantitative estimate of drug-likeness (QED) is 0.159. The summed E-state index contributed by atoms with van der Waals surface area (Å²) in [5.74, 6) is -2.84. The van der Waals surface area contributed by atoms with E-state index in [9.17, 15) is 29.4 Å². The van der Waals surface area contributed by atoms with Crippen molar-refractivity contribution in [2.24, 2.45) is 11.5 Å². The summed E-state index contributed by atoms with van der Waals surface area (Å²) in [6.07, 6.45) is -3.62. The molecule has 0 aliphatic carbocycles. The van der Waals surface area contributed by atoms with Crippen molar-refractivity contribution in [2.75, 3.05) is 12.3 Å². The largest absolute Gasteiger partial charge is 0.481 e. The van der Waals surface area contributed by atoms with Gasteiger partial charge in [0.05, 0.1) is 0 Å². The Morgan fingerprint density at radius 3 is 2.29 bits per heavy atom. The second kappa shape index (κ2) is 14.2. The molecule has 6 atom stereocenters. The van der Waals surface area contributed by atoms with Gasteiger partial charge in [0.2, 0.25) is 0 Å². The number of anilines is 1. The van der Waals surface area contributed by atoms with Crippen LogP contribution in [0.4, 0.5) is 5.82 Å². The number of hydrogen-bond acceptors (Lipinski definition) is 12. The number of aliphatic hydroxyl groups excluding tert-OH is 2. The predicted octanol–water partition coefficient (Wildman–Crippen LogP) is -2.18. The van der Waals surface area contributed by atoms with Crippen LogP contribution in [0.5, 0.6) is 0 Å². The van der Waals surface area contributed by atoms with Crippen molar-refractivity contribution in [1.29, 1.82) is 0 Å². The van der Waals surface area contributed by atoms with Crippen LogP contribution in [-0.2, 0) is 30.3 Å². The van der Waals surface area contributed by atoms with Crippen LogP contribution >= 0.6 is 0 Å². The van der Waals surface area contributed by atoms with Gasteiger partial charge in [-0.15, -0.1) is 0 Å². The van der Waals surface area contributed by atoms with E-state index in [2.05, 4.69) is 4.98 Å². The lowest BCUT2D eigenvalue weighted by molar-refractivity contribution is -0.151. The standard InChI is InChI=1S/C18H22N4O6.C5H9NO4/c19-11(8-10-4-2-1-3-5-10)17(25)27-9-12-14(23)15(24)16(28-12)22-7-6-13(20)21-18(22)26;6-3(5(9)10)1-2-4(7)8/h1-7,11-12,14-16,23-24H,8-9,19H2,(H2,20,21,26);3H,1-2,6H2,(H,7,8)(H,9,10)/t11-,12+,14+,15-,16+;3-/m01/s1. The van der Waals surface area contributed by atoms with Gasteiger partial charge < -0.3 is 47.1 Å². The van der Waals surface area contributed by atoms with E-state index in [0.29, 0.717) is 6.42 Å². The number of carbonyl (C=O) groups is 3. The first-order valence-corrected chi connectivity index (χ1v) is 11.4. The molecule has 1 aliphatic rings. The average molecular weight is 538 g/mol. The Bertz CT molecular complexity index is 1140. The first-order chi connectivity index (χ1) is 17.9. The van der Waals surface area contributed by atoms with Crippen molar-refractivity contribution >= 4 is 23.7 Å². The highest BCUT2D eigenvalue weighted by Gasteiger charge is 2.44. The van der Waals surface area contributed by atoms with Gasteiger partial charge >= 0.3 is 23.6 Å². The normalized spacial score (nSPS) is 22.0. The summed E-state index contributed by atoms with van der Waals surface area (Å²) < 4.78 is 11.6. The maximum absolute atomic E-state index is 12.1. The maximum atomic E-state index is 12.1. The first kappa shape index (κ1) is 30.3. The van der Waals surface area contributed by atoms with E-state index in [1.165, 1.54) is 12.3 Å². The molecule has 0 spiro atoms. The molecule has 10 N–H and O–H groups in total. The summed E-state index contributed by atoms with van der Waals surface area (Å²) in [6, 6.07) is 8.64. The number of ether oxygens (including phenoxy) is 2. The Labute approximate surface area is 216 Å². The van der Waals surface area contributed by atoms with Crippen LogP contribution in [0, 0.1) is 0 Å². The number of nitrogens with zero attached hydrogens (tertiary/aromatic N) is 2. The molecule has 0 radical (unpaired) electrons. The van der Waals surface area contributed by atoms with Gasteiger partial charge in [-0.2, -0.15) is 4.98 Å². The number of nitrogens with two attached hydrogens (primary N) is 3. The number of rotatable bonds is 10. The lowest BCUT2D eigenvalue weighted by Crippen LogP contribution is -2.39. The topological polar surface area (TPSA) is 264 Å². The molecule has 0 unspecified atom stereocenters. The van der Waals surface area contributed by atoms with Gasteiger partial charge in [0.15, 0.2) is 6.23 Å². The fourth-order valence-electron chi connectivity index (χ4n) is 3.34. The van der Waals surface area contributed by atoms with E-state index in [-0.39, 0.29) is 25.3 Å². The number of hydrogen-bond donors (Lipinski definition) is 7. The number of carbonyl (C=O) groups excluding carboxylic acids is 1. The fourth-order valence-corrected chi connectivity index (χ4v) is 3.34. The third-order valence-corrected chi connectivity index (χ3v) is 5.44. The van der Waals surface area contributed by atoms with Gasteiger partial charge in [0, 0.05) is 12.6 Å². The van der Waals surface area contributed by atoms with Crippen molar-refractivity contribution in [3.8, 4) is 0 Å². The van der Waals surface area contributed by atoms with E-state index in [0.717, 1.165) is 10.1 Å². The molecular formula is C23H31N5O10. The molecule has 2 aromatic rings. The summed E-state index contributed by atoms with van der Waals surface area (Å²) in [6.45, 7) is -0.326. The fraction of sp³-hybridized carbons (Fsp3) is 0.435. The van der Waals surface area contributed by atoms with Crippen molar-refractivity contribution in [3.63, 3.8) is 0 Å². The third kappa shape index (κ3) is 8.89. The highest BCUT2D eigenvalue weighted by atomic mass is 16.6. The molecule has 1 aliphatic heterocycles. The van der Waals surface area contributed by atoms with Gasteiger partial charge in [0.1, 0.15) is 42.8 Å². The van der Waals surface area contributed by atoms with E-state index in [1.807, 2.05) is 30.3 Å². The second-order valence-electron chi connectivity index (χ2n) is 8.39. The lowest BCUT2D eigenvalue weighted by Gasteiger charge is -2.17. The average Bonchev–Trinajstić information content (AvgIpc) is 3.15. The number of aromatic nitrogens is 2. The Hall–Kier alpha value is -3.89. The summed E-state index contributed by atoms with van der Waals surface area (Å²) in [5.41, 5.74) is 16.4. The zero-order valence-corrected chi connectivity index (χ0v) is 20.2. The van der Waals surface area contributed by atoms with E-state index < -0.39 is 60.2 Å². The first-order valence-electron chi connectivity index (χ1n) is 11.4. The highest BCUT2D eigenvalue weighted by Crippen LogP contribution is 2.28. The van der Waals surface area contributed by atoms with Crippen LogP contribution < -0.4 is 22.9 Å². The Morgan fingerprint density at radius 1 is 1.05 bits per heavy atom. The monoisotopic (exact) mass is 537 g/mol. The highest BCUT2D eigenvalue weighted by molar-refractivity contribution is 5.76. The van der Waals surface area contributed by atoms with Crippen molar-refractivity contribution in [3.05, 3.63) is 58.6 Å². The van der Waals surface area contributed by atoms with Crippen LogP contribution in [0.1, 0.15) is 24.6 Å². The molecule has 1 saturated heterocycles. The van der Waals surface area contributed by atoms with E-state index >= 15 is 0 Å². The lowest BCUT2D eigenvalue weighted by atomic mass is 10.1. The molecule has 0 amide bonds. The molecule has 15 nitrogen and oxygen atoms in total. The molecule has 1 aromatic heterocycles. The van der Waals surface area contributed by atoms with Crippen molar-refractivity contribution < 1.29 is 44.3 Å². The summed E-state index contributed by atoms with van der Waals surface area (Å²) in [4.78, 5) is 47.4. The minimum Gasteiger partial charge on any atom is -0.481 e.